The molecule has 1 aromatic heterocycles. The highest BCUT2D eigenvalue weighted by molar-refractivity contribution is 5.74. The highest BCUT2D eigenvalue weighted by atomic mass is 19.4. The van der Waals surface area contributed by atoms with Crippen molar-refractivity contribution in [3.63, 3.8) is 0 Å². The first-order chi connectivity index (χ1) is 8.80. The number of halogens is 3. The van der Waals surface area contributed by atoms with E-state index in [0.717, 1.165) is 0 Å². The van der Waals surface area contributed by atoms with Crippen LogP contribution in [0, 0.1) is 0 Å². The van der Waals surface area contributed by atoms with Crippen molar-refractivity contribution < 1.29 is 18.0 Å². The summed E-state index contributed by atoms with van der Waals surface area (Å²) in [6.07, 6.45) is -5.26. The average molecular weight is 272 g/mol. The Bertz CT molecular complexity index is 662. The van der Waals surface area contributed by atoms with Crippen LogP contribution in [0.5, 0.6) is 0 Å². The van der Waals surface area contributed by atoms with Crippen molar-refractivity contribution in [3.05, 3.63) is 40.3 Å². The Kier molecular flexibility index (Phi) is 3.21. The molecule has 0 unspecified atom stereocenters. The summed E-state index contributed by atoms with van der Waals surface area (Å²) < 4.78 is 38.9. The molecule has 2 aromatic rings. The summed E-state index contributed by atoms with van der Waals surface area (Å²) >= 11 is 0. The lowest BCUT2D eigenvalue weighted by molar-refractivity contribution is -0.143. The largest absolute Gasteiger partial charge is 0.439 e. The number of rotatable bonds is 2. The Morgan fingerprint density at radius 3 is 2.47 bits per heavy atom. The van der Waals surface area contributed by atoms with Crippen molar-refractivity contribution in [3.8, 4) is 0 Å². The van der Waals surface area contributed by atoms with Crippen LogP contribution in [0.1, 0.15) is 19.5 Å². The second kappa shape index (κ2) is 4.56. The highest BCUT2D eigenvalue weighted by Crippen LogP contribution is 2.26. The van der Waals surface area contributed by atoms with Gasteiger partial charge in [-0.2, -0.15) is 13.2 Å². The lowest BCUT2D eigenvalue weighted by Gasteiger charge is -2.16. The highest BCUT2D eigenvalue weighted by Gasteiger charge is 2.37. The van der Waals surface area contributed by atoms with E-state index in [0.29, 0.717) is 4.73 Å². The third-order valence-electron chi connectivity index (χ3n) is 2.30. The van der Waals surface area contributed by atoms with Crippen molar-refractivity contribution in [2.45, 2.75) is 26.1 Å². The number of benzene rings is 1. The third kappa shape index (κ3) is 2.54. The van der Waals surface area contributed by atoms with Gasteiger partial charge < -0.3 is 4.84 Å². The van der Waals surface area contributed by atoms with Crippen LogP contribution in [0.3, 0.4) is 0 Å². The van der Waals surface area contributed by atoms with Gasteiger partial charge in [0.15, 0.2) is 0 Å². The van der Waals surface area contributed by atoms with Gasteiger partial charge in [-0.15, -0.1) is 4.73 Å². The van der Waals surface area contributed by atoms with E-state index in [2.05, 4.69) is 4.98 Å². The van der Waals surface area contributed by atoms with E-state index >= 15 is 0 Å². The fraction of sp³-hybridized carbons (Fsp3) is 0.333. The van der Waals surface area contributed by atoms with Gasteiger partial charge in [0.05, 0.1) is 5.52 Å². The van der Waals surface area contributed by atoms with Crippen molar-refractivity contribution in [2.75, 3.05) is 0 Å². The lowest BCUT2D eigenvalue weighted by Crippen LogP contribution is -2.36. The molecule has 0 atom stereocenters. The van der Waals surface area contributed by atoms with Gasteiger partial charge >= 0.3 is 11.7 Å². The van der Waals surface area contributed by atoms with Crippen molar-refractivity contribution >= 4 is 11.0 Å². The minimum absolute atomic E-state index is 0.0510. The molecule has 0 radical (unpaired) electrons. The smallest absolute Gasteiger partial charge is 0.407 e. The Labute approximate surface area is 106 Å². The molecule has 0 spiro atoms. The molecule has 0 fully saturated rings. The van der Waals surface area contributed by atoms with Gasteiger partial charge in [0.25, 0.3) is 0 Å². The zero-order valence-electron chi connectivity index (χ0n) is 10.2. The maximum absolute atomic E-state index is 12.8. The first-order valence-electron chi connectivity index (χ1n) is 5.57. The minimum atomic E-state index is -4.82. The van der Waals surface area contributed by atoms with Gasteiger partial charge in [-0.25, -0.2) is 4.98 Å². The van der Waals surface area contributed by atoms with Gasteiger partial charge in [0.1, 0.15) is 11.6 Å². The topological polar surface area (TPSA) is 44.1 Å². The fourth-order valence-electron chi connectivity index (χ4n) is 1.60. The molecule has 0 aliphatic rings. The Balaban J connectivity index is 2.81. The second-order valence-electron chi connectivity index (χ2n) is 4.20. The molecule has 0 aliphatic heterocycles. The predicted octanol–water partition coefficient (Wildman–Crippen LogP) is 2.25. The molecule has 0 bridgehead atoms. The summed E-state index contributed by atoms with van der Waals surface area (Å²) in [6.45, 7) is 3.24. The summed E-state index contributed by atoms with van der Waals surface area (Å²) in [4.78, 5) is 20.4. The number of fused-ring (bicyclic) bond motifs is 1. The maximum Gasteiger partial charge on any atom is 0.439 e. The van der Waals surface area contributed by atoms with E-state index in [-0.39, 0.29) is 11.0 Å². The summed E-state index contributed by atoms with van der Waals surface area (Å²) in [5.74, 6) is 0. The average Bonchev–Trinajstić information content (AvgIpc) is 2.30. The van der Waals surface area contributed by atoms with E-state index in [4.69, 9.17) is 4.84 Å². The van der Waals surface area contributed by atoms with Crippen LogP contribution < -0.4 is 10.4 Å². The van der Waals surface area contributed by atoms with E-state index in [9.17, 15) is 18.0 Å². The van der Waals surface area contributed by atoms with Crippen LogP contribution in [0.4, 0.5) is 13.2 Å². The number of nitrogens with zero attached hydrogens (tertiary/aromatic N) is 2. The van der Waals surface area contributed by atoms with Crippen LogP contribution in [0.15, 0.2) is 29.1 Å². The number of alkyl halides is 3. The molecule has 7 heteroatoms. The molecule has 0 aliphatic carbocycles. The quantitative estimate of drug-likeness (QED) is 0.842. The van der Waals surface area contributed by atoms with E-state index in [1.165, 1.54) is 12.1 Å². The zero-order chi connectivity index (χ0) is 14.2. The van der Waals surface area contributed by atoms with Crippen LogP contribution in [-0.4, -0.2) is 15.8 Å². The Hall–Kier alpha value is -2.05. The summed E-state index contributed by atoms with van der Waals surface area (Å²) in [5.41, 5.74) is -2.53. The van der Waals surface area contributed by atoms with Gasteiger partial charge in [0, 0.05) is 0 Å². The standard InChI is InChI=1S/C12H11F3N2O2/c1-7(2)19-17-9-6-4-3-5-8(9)16-10(11(17)18)12(13,14)15/h3-7H,1-2H3. The number of aromatic nitrogens is 2. The molecule has 0 amide bonds. The first kappa shape index (κ1) is 13.4. The molecule has 4 nitrogen and oxygen atoms in total. The molecule has 0 saturated heterocycles. The first-order valence-corrected chi connectivity index (χ1v) is 5.57. The predicted molar refractivity (Wildman–Crippen MR) is 62.7 cm³/mol. The van der Waals surface area contributed by atoms with Gasteiger partial charge in [-0.1, -0.05) is 12.1 Å². The number of hydrogen-bond donors (Lipinski definition) is 0. The monoisotopic (exact) mass is 272 g/mol. The van der Waals surface area contributed by atoms with Crippen LogP contribution >= 0.6 is 0 Å². The van der Waals surface area contributed by atoms with E-state index in [1.807, 2.05) is 0 Å². The van der Waals surface area contributed by atoms with Crippen molar-refractivity contribution in [1.82, 2.24) is 9.71 Å². The molecular weight excluding hydrogens is 261 g/mol. The summed E-state index contributed by atoms with van der Waals surface area (Å²) in [6, 6.07) is 6.01. The van der Waals surface area contributed by atoms with E-state index in [1.54, 1.807) is 26.0 Å². The molecular formula is C12H11F3N2O2. The van der Waals surface area contributed by atoms with Crippen LogP contribution in [0.2, 0.25) is 0 Å². The zero-order valence-corrected chi connectivity index (χ0v) is 10.2. The summed E-state index contributed by atoms with van der Waals surface area (Å²) in [7, 11) is 0. The number of hydrogen-bond acceptors (Lipinski definition) is 3. The fourth-order valence-corrected chi connectivity index (χ4v) is 1.60. The van der Waals surface area contributed by atoms with Crippen molar-refractivity contribution in [2.24, 2.45) is 0 Å². The Morgan fingerprint density at radius 1 is 1.26 bits per heavy atom. The lowest BCUT2D eigenvalue weighted by atomic mass is 10.3. The maximum atomic E-state index is 12.8. The van der Waals surface area contributed by atoms with E-state index < -0.39 is 23.5 Å². The molecule has 102 valence electrons. The second-order valence-corrected chi connectivity index (χ2v) is 4.20. The molecule has 0 N–H and O–H groups in total. The SMILES string of the molecule is CC(C)On1c(=O)c(C(F)(F)F)nc2ccccc21. The molecule has 0 saturated carbocycles. The normalized spacial score (nSPS) is 12.1. The van der Waals surface area contributed by atoms with Crippen LogP contribution in [0.25, 0.3) is 11.0 Å². The molecule has 1 aromatic carbocycles. The van der Waals surface area contributed by atoms with Crippen LogP contribution in [-0.2, 0) is 6.18 Å². The molecule has 19 heavy (non-hydrogen) atoms. The summed E-state index contributed by atoms with van der Waals surface area (Å²) in [5, 5.41) is 0. The third-order valence-corrected chi connectivity index (χ3v) is 2.30. The molecule has 1 heterocycles. The molecule has 2 rings (SSSR count). The van der Waals surface area contributed by atoms with Gasteiger partial charge in [-0.3, -0.25) is 4.79 Å². The Morgan fingerprint density at radius 2 is 1.89 bits per heavy atom. The van der Waals surface area contributed by atoms with Gasteiger partial charge in [-0.05, 0) is 26.0 Å². The minimum Gasteiger partial charge on any atom is -0.407 e. The van der Waals surface area contributed by atoms with Gasteiger partial charge in [0.2, 0.25) is 5.69 Å². The van der Waals surface area contributed by atoms with Crippen molar-refractivity contribution in [1.29, 1.82) is 0 Å². The number of para-hydroxylation sites is 2.